The monoisotopic (exact) mass is 277 g/mol. The molecule has 1 aliphatic rings. The van der Waals surface area contributed by atoms with E-state index in [1.165, 1.54) is 5.56 Å². The zero-order chi connectivity index (χ0) is 9.10. The fourth-order valence-corrected chi connectivity index (χ4v) is 1.74. The van der Waals surface area contributed by atoms with Crippen LogP contribution in [0.4, 0.5) is 0 Å². The Morgan fingerprint density at radius 1 is 1.29 bits per heavy atom. The van der Waals surface area contributed by atoms with Crippen molar-refractivity contribution < 1.29 is 4.74 Å². The van der Waals surface area contributed by atoms with Gasteiger partial charge < -0.3 is 10.1 Å². The van der Waals surface area contributed by atoms with E-state index in [4.69, 9.17) is 4.74 Å². The largest absolute Gasteiger partial charge is 0.378 e. The summed E-state index contributed by atoms with van der Waals surface area (Å²) in [5.41, 5.74) is 1.29. The first-order valence-electron chi connectivity index (χ1n) is 4.43. The molecule has 0 aliphatic carbocycles. The lowest BCUT2D eigenvalue weighted by Gasteiger charge is -2.24. The SMILES string of the molecule is Brc1ccc(C2COCCN2)cc1.Cl. The van der Waals surface area contributed by atoms with Gasteiger partial charge >= 0.3 is 0 Å². The summed E-state index contributed by atoms with van der Waals surface area (Å²) in [7, 11) is 0. The molecule has 1 aliphatic heterocycles. The van der Waals surface area contributed by atoms with Crippen LogP contribution in [0.25, 0.3) is 0 Å². The maximum atomic E-state index is 5.39. The highest BCUT2D eigenvalue weighted by Gasteiger charge is 2.14. The fourth-order valence-electron chi connectivity index (χ4n) is 1.47. The molecule has 0 saturated carbocycles. The van der Waals surface area contributed by atoms with Gasteiger partial charge in [0.2, 0.25) is 0 Å². The quantitative estimate of drug-likeness (QED) is 0.852. The van der Waals surface area contributed by atoms with Gasteiger partial charge in [0.25, 0.3) is 0 Å². The zero-order valence-corrected chi connectivity index (χ0v) is 10.1. The van der Waals surface area contributed by atoms with Gasteiger partial charge in [-0.05, 0) is 17.7 Å². The molecule has 0 radical (unpaired) electrons. The first-order chi connectivity index (χ1) is 6.36. The van der Waals surface area contributed by atoms with Crippen LogP contribution in [0.3, 0.4) is 0 Å². The molecule has 1 fully saturated rings. The van der Waals surface area contributed by atoms with Crippen LogP contribution in [-0.4, -0.2) is 19.8 Å². The van der Waals surface area contributed by atoms with E-state index in [1.807, 2.05) is 0 Å². The molecule has 1 N–H and O–H groups in total. The van der Waals surface area contributed by atoms with E-state index >= 15 is 0 Å². The van der Waals surface area contributed by atoms with Crippen LogP contribution in [0.5, 0.6) is 0 Å². The topological polar surface area (TPSA) is 21.3 Å². The number of nitrogens with one attached hydrogen (secondary N) is 1. The standard InChI is InChI=1S/C10H12BrNO.ClH/c11-9-3-1-8(2-4-9)10-7-13-6-5-12-10;/h1-4,10,12H,5-7H2;1H. The predicted octanol–water partition coefficient (Wildman–Crippen LogP) is 2.53. The molecule has 1 heterocycles. The molecular weight excluding hydrogens is 265 g/mol. The Bertz CT molecular complexity index is 272. The van der Waals surface area contributed by atoms with E-state index in [9.17, 15) is 0 Å². The van der Waals surface area contributed by atoms with Gasteiger partial charge in [-0.15, -0.1) is 12.4 Å². The van der Waals surface area contributed by atoms with Crippen molar-refractivity contribution in [1.82, 2.24) is 5.32 Å². The first kappa shape index (κ1) is 12.0. The van der Waals surface area contributed by atoms with Gasteiger partial charge in [0, 0.05) is 11.0 Å². The Labute approximate surface area is 98.6 Å². The highest BCUT2D eigenvalue weighted by atomic mass is 79.9. The Kier molecular flexibility index (Phi) is 4.89. The third-order valence-electron chi connectivity index (χ3n) is 2.19. The number of hydrogen-bond donors (Lipinski definition) is 1. The summed E-state index contributed by atoms with van der Waals surface area (Å²) in [6.45, 7) is 2.55. The molecule has 1 aromatic carbocycles. The maximum absolute atomic E-state index is 5.39. The third-order valence-corrected chi connectivity index (χ3v) is 2.72. The molecule has 0 bridgehead atoms. The summed E-state index contributed by atoms with van der Waals surface area (Å²) >= 11 is 3.42. The summed E-state index contributed by atoms with van der Waals surface area (Å²) in [5.74, 6) is 0. The molecule has 0 aromatic heterocycles. The third kappa shape index (κ3) is 2.95. The summed E-state index contributed by atoms with van der Waals surface area (Å²) < 4.78 is 6.51. The maximum Gasteiger partial charge on any atom is 0.0662 e. The van der Waals surface area contributed by atoms with Crippen LogP contribution in [0, 0.1) is 0 Å². The van der Waals surface area contributed by atoms with E-state index in [0.717, 1.165) is 24.2 Å². The van der Waals surface area contributed by atoms with Crippen LogP contribution in [0.1, 0.15) is 11.6 Å². The summed E-state index contributed by atoms with van der Waals surface area (Å²) in [6, 6.07) is 8.73. The Morgan fingerprint density at radius 3 is 2.57 bits per heavy atom. The molecule has 1 atom stereocenters. The van der Waals surface area contributed by atoms with Crippen molar-refractivity contribution in [1.29, 1.82) is 0 Å². The van der Waals surface area contributed by atoms with Gasteiger partial charge in [0.05, 0.1) is 19.3 Å². The van der Waals surface area contributed by atoms with Crippen LogP contribution < -0.4 is 5.32 Å². The summed E-state index contributed by atoms with van der Waals surface area (Å²) in [4.78, 5) is 0. The highest BCUT2D eigenvalue weighted by Crippen LogP contribution is 2.18. The molecule has 2 rings (SSSR count). The second-order valence-electron chi connectivity index (χ2n) is 3.13. The molecule has 1 unspecified atom stereocenters. The highest BCUT2D eigenvalue weighted by molar-refractivity contribution is 9.10. The molecule has 0 amide bonds. The van der Waals surface area contributed by atoms with Gasteiger partial charge in [0.1, 0.15) is 0 Å². The van der Waals surface area contributed by atoms with Crippen LogP contribution in [0.15, 0.2) is 28.7 Å². The van der Waals surface area contributed by atoms with Gasteiger partial charge in [-0.2, -0.15) is 0 Å². The lowest BCUT2D eigenvalue weighted by molar-refractivity contribution is 0.0769. The Balaban J connectivity index is 0.000000980. The van der Waals surface area contributed by atoms with Crippen LogP contribution in [0.2, 0.25) is 0 Å². The number of rotatable bonds is 1. The van der Waals surface area contributed by atoms with Crippen molar-refractivity contribution in [2.45, 2.75) is 6.04 Å². The Hall–Kier alpha value is -0.0900. The van der Waals surface area contributed by atoms with Crippen LogP contribution >= 0.6 is 28.3 Å². The Morgan fingerprint density at radius 2 is 2.00 bits per heavy atom. The average molecular weight is 279 g/mol. The van der Waals surface area contributed by atoms with E-state index in [-0.39, 0.29) is 12.4 Å². The van der Waals surface area contributed by atoms with Crippen molar-refractivity contribution in [3.05, 3.63) is 34.3 Å². The van der Waals surface area contributed by atoms with Crippen LogP contribution in [-0.2, 0) is 4.74 Å². The molecule has 4 heteroatoms. The van der Waals surface area contributed by atoms with Crippen molar-refractivity contribution >= 4 is 28.3 Å². The van der Waals surface area contributed by atoms with Crippen molar-refractivity contribution in [2.75, 3.05) is 19.8 Å². The minimum atomic E-state index is 0. The van der Waals surface area contributed by atoms with Gasteiger partial charge in [-0.1, -0.05) is 28.1 Å². The van der Waals surface area contributed by atoms with Crippen molar-refractivity contribution in [3.63, 3.8) is 0 Å². The minimum absolute atomic E-state index is 0. The lowest BCUT2D eigenvalue weighted by Crippen LogP contribution is -2.34. The molecule has 1 aromatic rings. The van der Waals surface area contributed by atoms with E-state index in [1.54, 1.807) is 0 Å². The van der Waals surface area contributed by atoms with E-state index in [2.05, 4.69) is 45.5 Å². The van der Waals surface area contributed by atoms with Gasteiger partial charge in [-0.25, -0.2) is 0 Å². The number of ether oxygens (including phenoxy) is 1. The summed E-state index contributed by atoms with van der Waals surface area (Å²) in [6.07, 6.45) is 0. The van der Waals surface area contributed by atoms with Gasteiger partial charge in [0.15, 0.2) is 0 Å². The number of benzene rings is 1. The normalized spacial score (nSPS) is 21.4. The lowest BCUT2D eigenvalue weighted by atomic mass is 10.1. The van der Waals surface area contributed by atoms with Gasteiger partial charge in [-0.3, -0.25) is 0 Å². The van der Waals surface area contributed by atoms with E-state index in [0.29, 0.717) is 6.04 Å². The van der Waals surface area contributed by atoms with Crippen molar-refractivity contribution in [3.8, 4) is 0 Å². The minimum Gasteiger partial charge on any atom is -0.378 e. The average Bonchev–Trinajstić information content (AvgIpc) is 2.20. The fraction of sp³-hybridized carbons (Fsp3) is 0.400. The van der Waals surface area contributed by atoms with E-state index < -0.39 is 0 Å². The first-order valence-corrected chi connectivity index (χ1v) is 5.22. The number of morpholine rings is 1. The smallest absolute Gasteiger partial charge is 0.0662 e. The molecule has 0 spiro atoms. The molecule has 78 valence electrons. The second kappa shape index (κ2) is 5.71. The second-order valence-corrected chi connectivity index (χ2v) is 4.05. The summed E-state index contributed by atoms with van der Waals surface area (Å²) in [5, 5.41) is 3.41. The molecular formula is C10H13BrClNO. The number of hydrogen-bond acceptors (Lipinski definition) is 2. The zero-order valence-electron chi connectivity index (χ0n) is 7.70. The van der Waals surface area contributed by atoms with Crippen molar-refractivity contribution in [2.24, 2.45) is 0 Å². The molecule has 2 nitrogen and oxygen atoms in total. The molecule has 14 heavy (non-hydrogen) atoms. The molecule has 1 saturated heterocycles. The predicted molar refractivity (Wildman–Crippen MR) is 63.0 cm³/mol. The number of halogens is 2.